The lowest BCUT2D eigenvalue weighted by molar-refractivity contribution is 0.207. The number of aryl methyl sites for hydroxylation is 1. The monoisotopic (exact) mass is 421 g/mol. The number of nitrogens with zero attached hydrogens (tertiary/aromatic N) is 3. The lowest BCUT2D eigenvalue weighted by Crippen LogP contribution is -2.49. The van der Waals surface area contributed by atoms with E-state index in [2.05, 4.69) is 21.9 Å². The normalized spacial score (nSPS) is 15.8. The molecule has 2 aromatic carbocycles. The molecule has 1 unspecified atom stereocenters. The van der Waals surface area contributed by atoms with Crippen LogP contribution >= 0.6 is 0 Å². The first-order chi connectivity index (χ1) is 15.0. The molecule has 0 amide bonds. The topological polar surface area (TPSA) is 48.7 Å². The second-order valence-electron chi connectivity index (χ2n) is 7.95. The van der Waals surface area contributed by atoms with Crippen LogP contribution in [-0.4, -0.2) is 40.8 Å². The van der Waals surface area contributed by atoms with Crippen molar-refractivity contribution in [3.05, 3.63) is 93.7 Å². The van der Waals surface area contributed by atoms with E-state index in [9.17, 15) is 14.3 Å². The summed E-state index contributed by atoms with van der Waals surface area (Å²) >= 11 is 0. The van der Waals surface area contributed by atoms with Crippen molar-refractivity contribution in [2.24, 2.45) is 0 Å². The second-order valence-corrected chi connectivity index (χ2v) is 7.95. The molecule has 0 saturated carbocycles. The lowest BCUT2D eigenvalue weighted by atomic mass is 9.95. The van der Waals surface area contributed by atoms with Gasteiger partial charge in [0.25, 0.3) is 5.56 Å². The van der Waals surface area contributed by atoms with Crippen molar-refractivity contribution in [3.8, 4) is 5.75 Å². The molecule has 0 radical (unpaired) electrons. The van der Waals surface area contributed by atoms with Crippen LogP contribution in [0.25, 0.3) is 0 Å². The third-order valence-electron chi connectivity index (χ3n) is 6.08. The van der Waals surface area contributed by atoms with Gasteiger partial charge in [-0.05, 0) is 49.7 Å². The standard InChI is InChI=1S/C25H28FN3O2/c1-3-29-18(2)16-22(30)23(25(29)31)24(19-8-7-9-20(26)17-19)28-14-12-27(13-15-28)21-10-5-4-6-11-21/h4-11,16-17,24,30H,3,12-15H2,1-2H3. The third kappa shape index (κ3) is 4.21. The van der Waals surface area contributed by atoms with Crippen LogP contribution < -0.4 is 10.5 Å². The van der Waals surface area contributed by atoms with E-state index in [1.165, 1.54) is 12.1 Å². The molecule has 0 aliphatic carbocycles. The zero-order chi connectivity index (χ0) is 22.0. The maximum atomic E-state index is 14.1. The minimum atomic E-state index is -0.514. The van der Waals surface area contributed by atoms with E-state index in [4.69, 9.17) is 0 Å². The first-order valence-electron chi connectivity index (χ1n) is 10.7. The fourth-order valence-corrected chi connectivity index (χ4v) is 4.53. The molecule has 1 aliphatic heterocycles. The number of para-hydroxylation sites is 1. The Morgan fingerprint density at radius 2 is 1.71 bits per heavy atom. The Morgan fingerprint density at radius 1 is 1.00 bits per heavy atom. The minimum Gasteiger partial charge on any atom is -0.507 e. The largest absolute Gasteiger partial charge is 0.507 e. The molecule has 3 aromatic rings. The lowest BCUT2D eigenvalue weighted by Gasteiger charge is -2.40. The van der Waals surface area contributed by atoms with Gasteiger partial charge in [-0.1, -0.05) is 30.3 Å². The van der Waals surface area contributed by atoms with Crippen molar-refractivity contribution in [3.63, 3.8) is 0 Å². The third-order valence-corrected chi connectivity index (χ3v) is 6.08. The molecule has 5 nitrogen and oxygen atoms in total. The number of anilines is 1. The number of halogens is 1. The van der Waals surface area contributed by atoms with Crippen LogP contribution in [0.15, 0.2) is 65.5 Å². The van der Waals surface area contributed by atoms with Gasteiger partial charge < -0.3 is 14.6 Å². The number of piperazine rings is 1. The van der Waals surface area contributed by atoms with Crippen LogP contribution in [0, 0.1) is 12.7 Å². The summed E-state index contributed by atoms with van der Waals surface area (Å²) in [5.74, 6) is -0.389. The van der Waals surface area contributed by atoms with E-state index < -0.39 is 6.04 Å². The minimum absolute atomic E-state index is 0.0352. The summed E-state index contributed by atoms with van der Waals surface area (Å²) in [6, 6.07) is 17.7. The van der Waals surface area contributed by atoms with Crippen LogP contribution in [0.5, 0.6) is 5.75 Å². The molecular weight excluding hydrogens is 393 g/mol. The number of pyridine rings is 1. The highest BCUT2D eigenvalue weighted by Gasteiger charge is 2.31. The molecule has 1 aromatic heterocycles. The number of aromatic hydroxyl groups is 1. The number of aromatic nitrogens is 1. The number of benzene rings is 2. The van der Waals surface area contributed by atoms with Gasteiger partial charge in [0.05, 0.1) is 11.6 Å². The first-order valence-corrected chi connectivity index (χ1v) is 10.7. The highest BCUT2D eigenvalue weighted by atomic mass is 19.1. The molecule has 0 spiro atoms. The molecular formula is C25H28FN3O2. The Bertz CT molecular complexity index is 1110. The van der Waals surface area contributed by atoms with Crippen molar-refractivity contribution in [1.29, 1.82) is 0 Å². The molecule has 1 atom stereocenters. The maximum Gasteiger partial charge on any atom is 0.259 e. The summed E-state index contributed by atoms with van der Waals surface area (Å²) < 4.78 is 15.8. The van der Waals surface area contributed by atoms with Gasteiger partial charge in [0.2, 0.25) is 0 Å². The zero-order valence-corrected chi connectivity index (χ0v) is 18.0. The van der Waals surface area contributed by atoms with Crippen LogP contribution in [0.1, 0.15) is 29.8 Å². The van der Waals surface area contributed by atoms with Gasteiger partial charge in [0.1, 0.15) is 11.6 Å². The Labute approximate surface area is 182 Å². The van der Waals surface area contributed by atoms with Crippen LogP contribution in [0.4, 0.5) is 10.1 Å². The quantitative estimate of drug-likeness (QED) is 0.678. The molecule has 6 heteroatoms. The maximum absolute atomic E-state index is 14.1. The Balaban J connectivity index is 1.73. The summed E-state index contributed by atoms with van der Waals surface area (Å²) in [5.41, 5.74) is 2.63. The van der Waals surface area contributed by atoms with Gasteiger partial charge in [-0.3, -0.25) is 9.69 Å². The van der Waals surface area contributed by atoms with Crippen molar-refractivity contribution in [2.45, 2.75) is 26.4 Å². The van der Waals surface area contributed by atoms with Crippen LogP contribution in [0.3, 0.4) is 0 Å². The van der Waals surface area contributed by atoms with E-state index >= 15 is 0 Å². The van der Waals surface area contributed by atoms with E-state index in [0.717, 1.165) is 18.8 Å². The van der Waals surface area contributed by atoms with Crippen molar-refractivity contribution >= 4 is 5.69 Å². The van der Waals surface area contributed by atoms with Crippen molar-refractivity contribution < 1.29 is 9.50 Å². The van der Waals surface area contributed by atoms with Crippen molar-refractivity contribution in [1.82, 2.24) is 9.47 Å². The van der Waals surface area contributed by atoms with E-state index in [-0.39, 0.29) is 17.1 Å². The van der Waals surface area contributed by atoms with Crippen LogP contribution in [0.2, 0.25) is 0 Å². The molecule has 1 N–H and O–H groups in total. The SMILES string of the molecule is CCn1c(C)cc(O)c(C(c2cccc(F)c2)N2CCN(c3ccccc3)CC2)c1=O. The van der Waals surface area contributed by atoms with E-state index in [1.807, 2.05) is 38.1 Å². The number of hydrogen-bond acceptors (Lipinski definition) is 4. The van der Waals surface area contributed by atoms with Crippen LogP contribution in [-0.2, 0) is 6.54 Å². The Hall–Kier alpha value is -3.12. The molecule has 1 saturated heterocycles. The fraction of sp³-hybridized carbons (Fsp3) is 0.320. The predicted molar refractivity (Wildman–Crippen MR) is 121 cm³/mol. The molecule has 2 heterocycles. The molecule has 31 heavy (non-hydrogen) atoms. The average molecular weight is 422 g/mol. The van der Waals surface area contributed by atoms with Gasteiger partial charge >= 0.3 is 0 Å². The van der Waals surface area contributed by atoms with Gasteiger partial charge in [-0.2, -0.15) is 0 Å². The highest BCUT2D eigenvalue weighted by molar-refractivity contribution is 5.47. The fourth-order valence-electron chi connectivity index (χ4n) is 4.53. The zero-order valence-electron chi connectivity index (χ0n) is 18.0. The molecule has 1 aliphatic rings. The van der Waals surface area contributed by atoms with Gasteiger partial charge in [-0.15, -0.1) is 0 Å². The molecule has 162 valence electrons. The molecule has 4 rings (SSSR count). The summed E-state index contributed by atoms with van der Waals surface area (Å²) in [6.45, 7) is 7.17. The summed E-state index contributed by atoms with van der Waals surface area (Å²) in [4.78, 5) is 17.8. The number of rotatable bonds is 5. The smallest absolute Gasteiger partial charge is 0.259 e. The summed E-state index contributed by atoms with van der Waals surface area (Å²) in [7, 11) is 0. The summed E-state index contributed by atoms with van der Waals surface area (Å²) in [5, 5.41) is 10.8. The average Bonchev–Trinajstić information content (AvgIpc) is 2.77. The highest BCUT2D eigenvalue weighted by Crippen LogP contribution is 2.34. The van der Waals surface area contributed by atoms with Gasteiger partial charge in [-0.25, -0.2) is 4.39 Å². The Kier molecular flexibility index (Phi) is 6.09. The first kappa shape index (κ1) is 21.1. The van der Waals surface area contributed by atoms with Gasteiger partial charge in [0.15, 0.2) is 0 Å². The Morgan fingerprint density at radius 3 is 2.35 bits per heavy atom. The molecule has 0 bridgehead atoms. The molecule has 1 fully saturated rings. The van der Waals surface area contributed by atoms with Crippen molar-refractivity contribution in [2.75, 3.05) is 31.1 Å². The van der Waals surface area contributed by atoms with E-state index in [0.29, 0.717) is 36.5 Å². The second kappa shape index (κ2) is 8.94. The summed E-state index contributed by atoms with van der Waals surface area (Å²) in [6.07, 6.45) is 0. The number of hydrogen-bond donors (Lipinski definition) is 1. The predicted octanol–water partition coefficient (Wildman–Crippen LogP) is 3.93. The van der Waals surface area contributed by atoms with Gasteiger partial charge in [0, 0.05) is 44.1 Å². The van der Waals surface area contributed by atoms with E-state index in [1.54, 1.807) is 16.7 Å².